The van der Waals surface area contributed by atoms with E-state index in [-0.39, 0.29) is 25.1 Å². The number of aromatic amines is 2. The molecule has 1 aliphatic heterocycles. The van der Waals surface area contributed by atoms with Crippen LogP contribution in [-0.2, 0) is 4.74 Å². The smallest absolute Gasteiger partial charge is 0.261 e. The maximum atomic E-state index is 13.4. The molecule has 0 unspecified atom stereocenters. The predicted molar refractivity (Wildman–Crippen MR) is 152 cm³/mol. The van der Waals surface area contributed by atoms with Gasteiger partial charge in [-0.25, -0.2) is 15.0 Å². The zero-order chi connectivity index (χ0) is 24.6. The van der Waals surface area contributed by atoms with Gasteiger partial charge in [-0.05, 0) is 38.1 Å². The highest BCUT2D eigenvalue weighted by atomic mass is 32.1. The first-order valence-electron chi connectivity index (χ1n) is 12.1. The molecule has 9 nitrogen and oxygen atoms in total. The summed E-state index contributed by atoms with van der Waals surface area (Å²) in [5, 5.41) is 4.39. The van der Waals surface area contributed by atoms with Crippen LogP contribution < -0.4 is 15.8 Å². The molecule has 2 aromatic carbocycles. The minimum absolute atomic E-state index is 0. The van der Waals surface area contributed by atoms with Gasteiger partial charge in [0.25, 0.3) is 5.56 Å². The van der Waals surface area contributed by atoms with Crippen molar-refractivity contribution in [3.05, 3.63) is 76.6 Å². The van der Waals surface area contributed by atoms with Crippen molar-refractivity contribution < 1.29 is 4.74 Å². The van der Waals surface area contributed by atoms with Crippen LogP contribution in [-0.4, -0.2) is 51.2 Å². The average Bonchev–Trinajstić information content (AvgIpc) is 3.34. The first-order valence-corrected chi connectivity index (χ1v) is 12.1. The summed E-state index contributed by atoms with van der Waals surface area (Å²) in [7, 11) is 0. The second kappa shape index (κ2) is 10.2. The Morgan fingerprint density at radius 2 is 1.76 bits per heavy atom. The number of aryl methyl sites for hydroxylation is 1. The van der Waals surface area contributed by atoms with Gasteiger partial charge >= 0.3 is 0 Å². The number of hydrogen-bond donors (Lipinski definition) is 3. The van der Waals surface area contributed by atoms with Gasteiger partial charge in [0.2, 0.25) is 0 Å². The number of para-hydroxylation sites is 1. The quantitative estimate of drug-likeness (QED) is 0.320. The lowest BCUT2D eigenvalue weighted by Crippen LogP contribution is -2.36. The van der Waals surface area contributed by atoms with Crippen LogP contribution >= 0.6 is 13.5 Å². The average molecular weight is 516 g/mol. The van der Waals surface area contributed by atoms with Crippen molar-refractivity contribution >= 4 is 46.8 Å². The number of morpholine rings is 1. The van der Waals surface area contributed by atoms with Crippen molar-refractivity contribution in [2.24, 2.45) is 0 Å². The molecule has 5 aromatic rings. The van der Waals surface area contributed by atoms with E-state index in [1.165, 1.54) is 0 Å². The summed E-state index contributed by atoms with van der Waals surface area (Å²) < 4.78 is 5.52. The van der Waals surface area contributed by atoms with Gasteiger partial charge in [0, 0.05) is 42.1 Å². The molecule has 10 heteroatoms. The lowest BCUT2D eigenvalue weighted by molar-refractivity contribution is 0.122. The zero-order valence-corrected chi connectivity index (χ0v) is 21.7. The first-order chi connectivity index (χ1) is 17.6. The number of nitrogens with zero attached hydrogens (tertiary/aromatic N) is 4. The molecular weight excluding hydrogens is 486 g/mol. The van der Waals surface area contributed by atoms with E-state index in [1.54, 1.807) is 18.5 Å². The molecule has 190 valence electrons. The van der Waals surface area contributed by atoms with Crippen molar-refractivity contribution in [2.75, 3.05) is 36.5 Å². The van der Waals surface area contributed by atoms with E-state index in [4.69, 9.17) is 9.72 Å². The molecule has 0 radical (unpaired) electrons. The minimum atomic E-state index is -0.228. The van der Waals surface area contributed by atoms with Gasteiger partial charge < -0.3 is 24.9 Å². The van der Waals surface area contributed by atoms with Crippen LogP contribution in [0, 0.1) is 6.92 Å². The van der Waals surface area contributed by atoms with Gasteiger partial charge in [0.15, 0.2) is 0 Å². The summed E-state index contributed by atoms with van der Waals surface area (Å²) in [6.07, 6.45) is 3.43. The number of nitrogens with one attached hydrogen (secondary N) is 3. The first kappa shape index (κ1) is 24.8. The lowest BCUT2D eigenvalue weighted by Gasteiger charge is -2.30. The van der Waals surface area contributed by atoms with Crippen molar-refractivity contribution in [3.8, 4) is 11.4 Å². The summed E-state index contributed by atoms with van der Waals surface area (Å²) >= 11 is 0. The Labute approximate surface area is 220 Å². The van der Waals surface area contributed by atoms with Crippen LogP contribution in [0.2, 0.25) is 0 Å². The zero-order valence-electron chi connectivity index (χ0n) is 20.7. The van der Waals surface area contributed by atoms with Crippen LogP contribution in [0.25, 0.3) is 33.3 Å². The lowest BCUT2D eigenvalue weighted by atomic mass is 10.1. The van der Waals surface area contributed by atoms with Gasteiger partial charge in [-0.2, -0.15) is 13.5 Å². The largest absolute Gasteiger partial charge is 0.378 e. The van der Waals surface area contributed by atoms with Crippen LogP contribution in [0.15, 0.2) is 59.7 Å². The Hall–Kier alpha value is -3.89. The second-order valence-electron chi connectivity index (χ2n) is 9.01. The molecule has 6 rings (SSSR count). The Morgan fingerprint density at radius 3 is 2.54 bits per heavy atom. The van der Waals surface area contributed by atoms with Gasteiger partial charge in [-0.15, -0.1) is 0 Å². The maximum absolute atomic E-state index is 13.4. The van der Waals surface area contributed by atoms with Crippen molar-refractivity contribution in [1.82, 2.24) is 24.9 Å². The molecule has 0 bridgehead atoms. The number of aromatic nitrogens is 5. The van der Waals surface area contributed by atoms with Gasteiger partial charge in [0.1, 0.15) is 17.2 Å². The Bertz CT molecular complexity index is 1610. The molecule has 4 heterocycles. The predicted octanol–water partition coefficient (Wildman–Crippen LogP) is 4.29. The fraction of sp³-hybridized carbons (Fsp3) is 0.259. The normalized spacial score (nSPS) is 14.5. The summed E-state index contributed by atoms with van der Waals surface area (Å²) in [5.41, 5.74) is 5.64. The van der Waals surface area contributed by atoms with Crippen molar-refractivity contribution in [1.29, 1.82) is 0 Å². The second-order valence-corrected chi connectivity index (χ2v) is 9.01. The monoisotopic (exact) mass is 515 g/mol. The molecule has 1 saturated heterocycles. The van der Waals surface area contributed by atoms with Crippen LogP contribution in [0.5, 0.6) is 0 Å². The SMILES string of the molecule is Cc1c(N2CCOCC2)ccc2[nH]c(-c3c(N[C@@H](C)c4ncccn4)c4ccccc4[nH]c3=O)nc12.S. The Kier molecular flexibility index (Phi) is 6.86. The summed E-state index contributed by atoms with van der Waals surface area (Å²) in [6.45, 7) is 7.19. The third-order valence-electron chi connectivity index (χ3n) is 6.72. The van der Waals surface area contributed by atoms with Crippen molar-refractivity contribution in [3.63, 3.8) is 0 Å². The van der Waals surface area contributed by atoms with Gasteiger partial charge in [-0.3, -0.25) is 4.79 Å². The standard InChI is InChI=1S/C27H27N7O2.H2S/c1-16-21(34-12-14-36-15-13-34)9-8-20-23(16)33-26(31-20)22-24(30-17(2)25-28-10-5-11-29-25)18-6-3-4-7-19(18)32-27(22)35;/h3-11,17H,12-15H2,1-2H3,(H,31,33)(H2,30,32,35);1H2/t17-;/m0./s1. The summed E-state index contributed by atoms with van der Waals surface area (Å²) in [5.74, 6) is 1.16. The van der Waals surface area contributed by atoms with Gasteiger partial charge in [0.05, 0.1) is 41.5 Å². The number of H-pyrrole nitrogens is 2. The van der Waals surface area contributed by atoms with Crippen LogP contribution in [0.3, 0.4) is 0 Å². The minimum Gasteiger partial charge on any atom is -0.378 e. The molecule has 3 N–H and O–H groups in total. The van der Waals surface area contributed by atoms with Gasteiger partial charge in [-0.1, -0.05) is 18.2 Å². The van der Waals surface area contributed by atoms with E-state index in [0.29, 0.717) is 36.1 Å². The number of anilines is 2. The number of rotatable bonds is 5. The van der Waals surface area contributed by atoms with E-state index in [0.717, 1.165) is 46.3 Å². The molecular formula is C27H29N7O2S. The number of pyridine rings is 1. The van der Waals surface area contributed by atoms with E-state index in [2.05, 4.69) is 43.1 Å². The van der Waals surface area contributed by atoms with E-state index in [1.807, 2.05) is 37.3 Å². The third kappa shape index (κ3) is 4.54. The molecule has 1 aliphatic rings. The molecule has 0 aliphatic carbocycles. The number of benzene rings is 2. The molecule has 0 saturated carbocycles. The highest BCUT2D eigenvalue weighted by Gasteiger charge is 2.22. The topological polar surface area (TPSA) is 112 Å². The molecule has 0 spiro atoms. The number of hydrogen-bond acceptors (Lipinski definition) is 7. The van der Waals surface area contributed by atoms with Crippen molar-refractivity contribution in [2.45, 2.75) is 19.9 Å². The Balaban J connectivity index is 0.00000280. The molecule has 1 fully saturated rings. The highest BCUT2D eigenvalue weighted by Crippen LogP contribution is 2.35. The molecule has 0 amide bonds. The molecule has 1 atom stereocenters. The van der Waals surface area contributed by atoms with Crippen LogP contribution in [0.1, 0.15) is 24.4 Å². The number of imidazole rings is 1. The molecule has 37 heavy (non-hydrogen) atoms. The fourth-order valence-electron chi connectivity index (χ4n) is 4.90. The van der Waals surface area contributed by atoms with E-state index >= 15 is 0 Å². The third-order valence-corrected chi connectivity index (χ3v) is 6.72. The van der Waals surface area contributed by atoms with E-state index < -0.39 is 0 Å². The Morgan fingerprint density at radius 1 is 1.00 bits per heavy atom. The molecule has 3 aromatic heterocycles. The fourth-order valence-corrected chi connectivity index (χ4v) is 4.90. The summed E-state index contributed by atoms with van der Waals surface area (Å²) in [6, 6.07) is 13.4. The van der Waals surface area contributed by atoms with E-state index in [9.17, 15) is 4.79 Å². The maximum Gasteiger partial charge on any atom is 0.261 e. The number of fused-ring (bicyclic) bond motifs is 2. The highest BCUT2D eigenvalue weighted by molar-refractivity contribution is 7.59. The summed E-state index contributed by atoms with van der Waals surface area (Å²) in [4.78, 5) is 35.9. The number of ether oxygens (including phenoxy) is 1. The van der Waals surface area contributed by atoms with Crippen LogP contribution in [0.4, 0.5) is 11.4 Å².